The van der Waals surface area contributed by atoms with Crippen LogP contribution in [0.1, 0.15) is 31.4 Å². The maximum absolute atomic E-state index is 13.3. The number of para-hydroxylation sites is 1. The highest BCUT2D eigenvalue weighted by Crippen LogP contribution is 2.46. The van der Waals surface area contributed by atoms with E-state index in [0.717, 1.165) is 35.3 Å². The van der Waals surface area contributed by atoms with Gasteiger partial charge in [-0.2, -0.15) is 0 Å². The highest BCUT2D eigenvalue weighted by atomic mass is 32.2. The van der Waals surface area contributed by atoms with Crippen molar-refractivity contribution < 1.29 is 19.1 Å². The van der Waals surface area contributed by atoms with Gasteiger partial charge in [0.05, 0.1) is 30.8 Å². The summed E-state index contributed by atoms with van der Waals surface area (Å²) in [6.07, 6.45) is 0.816. The van der Waals surface area contributed by atoms with Crippen molar-refractivity contribution >= 4 is 28.8 Å². The van der Waals surface area contributed by atoms with E-state index in [2.05, 4.69) is 11.9 Å². The standard InChI is InChI=1S/C29H32N4O4S/c1-4-24-26(28(35)36-3)27(20-9-8-12-23(17-20)37-22-10-6-5-7-11-22)33-21(19-38-29(33)30-24)18-25(34)32-15-13-31(2)14-16-32/h5-12,17,19,27H,4,13-16,18H2,1-3H3/t27-/m0/s1. The summed E-state index contributed by atoms with van der Waals surface area (Å²) in [4.78, 5) is 37.5. The Balaban J connectivity index is 1.49. The quantitative estimate of drug-likeness (QED) is 0.475. The summed E-state index contributed by atoms with van der Waals surface area (Å²) in [7, 11) is 3.46. The van der Waals surface area contributed by atoms with E-state index in [1.54, 1.807) is 0 Å². The number of amides is 1. The lowest BCUT2D eigenvalue weighted by Crippen LogP contribution is -2.47. The largest absolute Gasteiger partial charge is 0.466 e. The molecule has 2 aromatic rings. The summed E-state index contributed by atoms with van der Waals surface area (Å²) < 4.78 is 11.3. The van der Waals surface area contributed by atoms with Crippen LogP contribution in [0.4, 0.5) is 0 Å². The van der Waals surface area contributed by atoms with Gasteiger partial charge in [-0.25, -0.2) is 9.79 Å². The number of nitrogens with zero attached hydrogens (tertiary/aromatic N) is 4. The van der Waals surface area contributed by atoms with Crippen LogP contribution in [0.25, 0.3) is 0 Å². The van der Waals surface area contributed by atoms with Gasteiger partial charge in [0.2, 0.25) is 5.91 Å². The second kappa shape index (κ2) is 11.4. The monoisotopic (exact) mass is 532 g/mol. The Kier molecular flexibility index (Phi) is 7.85. The first-order valence-corrected chi connectivity index (χ1v) is 13.7. The zero-order valence-electron chi connectivity index (χ0n) is 21.9. The number of allylic oxidation sites excluding steroid dienone is 1. The zero-order valence-corrected chi connectivity index (χ0v) is 22.7. The van der Waals surface area contributed by atoms with Gasteiger partial charge < -0.3 is 24.2 Å². The minimum absolute atomic E-state index is 0.0796. The van der Waals surface area contributed by atoms with E-state index in [1.807, 2.05) is 76.7 Å². The van der Waals surface area contributed by atoms with Crippen molar-refractivity contribution in [2.75, 3.05) is 40.3 Å². The lowest BCUT2D eigenvalue weighted by Gasteiger charge is -2.37. The van der Waals surface area contributed by atoms with Gasteiger partial charge in [-0.3, -0.25) is 4.79 Å². The highest BCUT2D eigenvalue weighted by molar-refractivity contribution is 8.16. The van der Waals surface area contributed by atoms with Crippen LogP contribution in [0.15, 0.2) is 82.0 Å². The molecule has 1 fully saturated rings. The number of benzene rings is 2. The van der Waals surface area contributed by atoms with E-state index >= 15 is 0 Å². The van der Waals surface area contributed by atoms with E-state index in [4.69, 9.17) is 14.5 Å². The first-order valence-electron chi connectivity index (χ1n) is 12.8. The predicted octanol–water partition coefficient (Wildman–Crippen LogP) is 4.78. The Morgan fingerprint density at radius 3 is 2.47 bits per heavy atom. The van der Waals surface area contributed by atoms with E-state index in [-0.39, 0.29) is 12.3 Å². The van der Waals surface area contributed by atoms with Crippen LogP contribution >= 0.6 is 11.8 Å². The number of esters is 1. The van der Waals surface area contributed by atoms with Crippen molar-refractivity contribution in [3.8, 4) is 11.5 Å². The van der Waals surface area contributed by atoms with Gasteiger partial charge in [-0.05, 0) is 48.7 Å². The van der Waals surface area contributed by atoms with Gasteiger partial charge in [-0.1, -0.05) is 49.0 Å². The Hall–Kier alpha value is -3.56. The number of amidine groups is 1. The van der Waals surface area contributed by atoms with E-state index < -0.39 is 12.0 Å². The molecular formula is C29H32N4O4S. The summed E-state index contributed by atoms with van der Waals surface area (Å²) in [5.74, 6) is 1.04. The molecule has 3 heterocycles. The van der Waals surface area contributed by atoms with Gasteiger partial charge in [-0.15, -0.1) is 0 Å². The van der Waals surface area contributed by atoms with Crippen LogP contribution in [0, 0.1) is 0 Å². The van der Waals surface area contributed by atoms with Gasteiger partial charge in [0.15, 0.2) is 5.17 Å². The number of fused-ring (bicyclic) bond motifs is 1. The molecule has 0 spiro atoms. The smallest absolute Gasteiger partial charge is 0.338 e. The van der Waals surface area contributed by atoms with E-state index in [1.165, 1.54) is 18.9 Å². The maximum atomic E-state index is 13.3. The Labute approximate surface area is 227 Å². The summed E-state index contributed by atoms with van der Waals surface area (Å²) >= 11 is 1.49. The first-order chi connectivity index (χ1) is 18.5. The van der Waals surface area contributed by atoms with Crippen molar-refractivity contribution in [1.82, 2.24) is 14.7 Å². The molecule has 0 aromatic heterocycles. The number of carbonyl (C=O) groups excluding carboxylic acids is 2. The van der Waals surface area contributed by atoms with Crippen molar-refractivity contribution in [2.24, 2.45) is 4.99 Å². The molecule has 0 N–H and O–H groups in total. The Morgan fingerprint density at radius 1 is 1.03 bits per heavy atom. The average molecular weight is 533 g/mol. The van der Waals surface area contributed by atoms with Crippen LogP contribution in [-0.2, 0) is 14.3 Å². The fourth-order valence-corrected chi connectivity index (χ4v) is 5.86. The molecule has 0 aliphatic carbocycles. The number of hydrogen-bond acceptors (Lipinski definition) is 8. The van der Waals surface area contributed by atoms with Gasteiger partial charge in [0, 0.05) is 31.9 Å². The molecule has 1 amide bonds. The maximum Gasteiger partial charge on any atom is 0.338 e. The number of thioether (sulfide) groups is 1. The fraction of sp³-hybridized carbons (Fsp3) is 0.345. The molecule has 3 aliphatic rings. The molecule has 5 rings (SSSR count). The molecule has 8 nitrogen and oxygen atoms in total. The zero-order chi connectivity index (χ0) is 26.6. The Morgan fingerprint density at radius 2 is 1.76 bits per heavy atom. The summed E-state index contributed by atoms with van der Waals surface area (Å²) in [5, 5.41) is 2.74. The summed E-state index contributed by atoms with van der Waals surface area (Å²) in [5.41, 5.74) is 2.86. The summed E-state index contributed by atoms with van der Waals surface area (Å²) in [6, 6.07) is 16.8. The molecule has 1 saturated heterocycles. The molecule has 0 unspecified atom stereocenters. The number of hydrogen-bond donors (Lipinski definition) is 0. The van der Waals surface area contributed by atoms with Crippen LogP contribution in [0.2, 0.25) is 0 Å². The van der Waals surface area contributed by atoms with Crippen molar-refractivity contribution in [3.63, 3.8) is 0 Å². The second-order valence-electron chi connectivity index (χ2n) is 9.45. The lowest BCUT2D eigenvalue weighted by atomic mass is 9.92. The van der Waals surface area contributed by atoms with Crippen molar-refractivity contribution in [3.05, 3.63) is 82.5 Å². The number of ether oxygens (including phenoxy) is 2. The van der Waals surface area contributed by atoms with Crippen LogP contribution in [0.3, 0.4) is 0 Å². The molecule has 0 radical (unpaired) electrons. The fourth-order valence-electron chi connectivity index (χ4n) is 4.92. The lowest BCUT2D eigenvalue weighted by molar-refractivity contribution is -0.136. The normalized spacial score (nSPS) is 19.6. The molecule has 38 heavy (non-hydrogen) atoms. The molecule has 0 saturated carbocycles. The number of aliphatic imine (C=N–C) groups is 1. The van der Waals surface area contributed by atoms with Crippen LogP contribution in [-0.4, -0.2) is 72.1 Å². The molecule has 3 aliphatic heterocycles. The molecule has 1 atom stereocenters. The van der Waals surface area contributed by atoms with E-state index in [9.17, 15) is 9.59 Å². The third-order valence-electron chi connectivity index (χ3n) is 6.97. The van der Waals surface area contributed by atoms with E-state index in [0.29, 0.717) is 36.5 Å². The minimum atomic E-state index is -0.495. The van der Waals surface area contributed by atoms with Crippen LogP contribution < -0.4 is 4.74 Å². The summed E-state index contributed by atoms with van der Waals surface area (Å²) in [6.45, 7) is 5.14. The number of piperazine rings is 1. The third-order valence-corrected chi connectivity index (χ3v) is 7.86. The minimum Gasteiger partial charge on any atom is -0.466 e. The van der Waals surface area contributed by atoms with Gasteiger partial charge >= 0.3 is 5.97 Å². The molecule has 9 heteroatoms. The second-order valence-corrected chi connectivity index (χ2v) is 10.3. The van der Waals surface area contributed by atoms with Gasteiger partial charge in [0.1, 0.15) is 11.5 Å². The highest BCUT2D eigenvalue weighted by Gasteiger charge is 2.42. The van der Waals surface area contributed by atoms with Crippen molar-refractivity contribution in [2.45, 2.75) is 25.8 Å². The molecular weight excluding hydrogens is 500 g/mol. The van der Waals surface area contributed by atoms with Gasteiger partial charge in [0.25, 0.3) is 0 Å². The topological polar surface area (TPSA) is 74.7 Å². The van der Waals surface area contributed by atoms with Crippen molar-refractivity contribution in [1.29, 1.82) is 0 Å². The molecule has 2 aromatic carbocycles. The molecule has 0 bridgehead atoms. The van der Waals surface area contributed by atoms with Crippen LogP contribution in [0.5, 0.6) is 11.5 Å². The number of carbonyl (C=O) groups is 2. The Bertz CT molecular complexity index is 1300. The molecule has 198 valence electrons. The average Bonchev–Trinajstić information content (AvgIpc) is 3.34. The number of likely N-dealkylation sites (N-methyl/N-ethyl adjacent to an activating group) is 1. The number of methoxy groups -OCH3 is 1. The first kappa shape index (κ1) is 26.1. The predicted molar refractivity (Wildman–Crippen MR) is 149 cm³/mol. The SMILES string of the molecule is CCC1=C(C(=O)OC)[C@H](c2cccc(Oc3ccccc3)c2)N2C(CC(=O)N3CCN(C)CC3)=CSC2=N1. The third kappa shape index (κ3) is 5.35. The number of rotatable bonds is 7.